The lowest BCUT2D eigenvalue weighted by atomic mass is 10.2. The monoisotopic (exact) mass is 317 g/mol. The molecule has 0 spiro atoms. The molecule has 0 unspecified atom stereocenters. The number of hydrogen-bond donors (Lipinski definition) is 3. The van der Waals surface area contributed by atoms with Crippen LogP contribution in [0, 0.1) is 5.82 Å². The first-order valence-electron chi connectivity index (χ1n) is 5.25. The Hall–Kier alpha value is -1.63. The zero-order chi connectivity index (χ0) is 13.5. The lowest BCUT2D eigenvalue weighted by Gasteiger charge is -2.07. The second-order valence-electron chi connectivity index (χ2n) is 3.55. The molecule has 1 amide bonds. The van der Waals surface area contributed by atoms with E-state index >= 15 is 0 Å². The van der Waals surface area contributed by atoms with Gasteiger partial charge in [-0.2, -0.15) is 0 Å². The molecule has 0 atom stereocenters. The SMILES string of the molecule is N/C(CCCNC(=O)c1cccc(F)c1Br)=N/O. The van der Waals surface area contributed by atoms with Crippen molar-refractivity contribution in [2.45, 2.75) is 12.8 Å². The summed E-state index contributed by atoms with van der Waals surface area (Å²) in [6.45, 7) is 0.359. The van der Waals surface area contributed by atoms with Gasteiger partial charge >= 0.3 is 0 Å². The summed E-state index contributed by atoms with van der Waals surface area (Å²) < 4.78 is 13.3. The molecular formula is C11H13BrFN3O2. The lowest BCUT2D eigenvalue weighted by Crippen LogP contribution is -2.26. The number of amidine groups is 1. The molecule has 1 aromatic carbocycles. The van der Waals surface area contributed by atoms with Gasteiger partial charge in [0.15, 0.2) is 0 Å². The van der Waals surface area contributed by atoms with Gasteiger partial charge in [-0.25, -0.2) is 4.39 Å². The smallest absolute Gasteiger partial charge is 0.252 e. The van der Waals surface area contributed by atoms with E-state index in [9.17, 15) is 9.18 Å². The molecule has 0 radical (unpaired) electrons. The molecule has 0 bridgehead atoms. The Morgan fingerprint density at radius 2 is 2.28 bits per heavy atom. The molecule has 1 aromatic rings. The Labute approximate surface area is 112 Å². The average Bonchev–Trinajstić information content (AvgIpc) is 2.37. The molecule has 0 aliphatic carbocycles. The van der Waals surface area contributed by atoms with Crippen molar-refractivity contribution < 1.29 is 14.4 Å². The Morgan fingerprint density at radius 3 is 2.94 bits per heavy atom. The number of nitrogens with two attached hydrogens (primary N) is 1. The second-order valence-corrected chi connectivity index (χ2v) is 4.35. The van der Waals surface area contributed by atoms with Gasteiger partial charge in [0.25, 0.3) is 5.91 Å². The van der Waals surface area contributed by atoms with Gasteiger partial charge in [-0.1, -0.05) is 11.2 Å². The summed E-state index contributed by atoms with van der Waals surface area (Å²) in [5, 5.41) is 13.7. The van der Waals surface area contributed by atoms with Crippen molar-refractivity contribution >= 4 is 27.7 Å². The van der Waals surface area contributed by atoms with E-state index in [0.29, 0.717) is 19.4 Å². The molecule has 98 valence electrons. The first-order valence-corrected chi connectivity index (χ1v) is 6.04. The standard InChI is InChI=1S/C11H13BrFN3O2/c12-10-7(3-1-4-8(10)13)11(17)15-6-2-5-9(14)16-18/h1,3-4,18H,2,5-6H2,(H2,14,16)(H,15,17). The Bertz CT molecular complexity index is 466. The van der Waals surface area contributed by atoms with Crippen LogP contribution in [0.2, 0.25) is 0 Å². The van der Waals surface area contributed by atoms with Crippen LogP contribution in [0.5, 0.6) is 0 Å². The van der Waals surface area contributed by atoms with E-state index in [0.717, 1.165) is 0 Å². The maximum atomic E-state index is 13.2. The summed E-state index contributed by atoms with van der Waals surface area (Å²) >= 11 is 3.02. The summed E-state index contributed by atoms with van der Waals surface area (Å²) in [5.41, 5.74) is 5.51. The fourth-order valence-corrected chi connectivity index (χ4v) is 1.74. The van der Waals surface area contributed by atoms with Crippen molar-refractivity contribution in [2.24, 2.45) is 10.9 Å². The predicted octanol–water partition coefficient (Wildman–Crippen LogP) is 1.84. The number of nitrogens with one attached hydrogen (secondary N) is 1. The van der Waals surface area contributed by atoms with Gasteiger partial charge in [0, 0.05) is 13.0 Å². The number of oxime groups is 1. The quantitative estimate of drug-likeness (QED) is 0.254. The van der Waals surface area contributed by atoms with Crippen molar-refractivity contribution in [3.63, 3.8) is 0 Å². The number of hydrogen-bond acceptors (Lipinski definition) is 3. The second kappa shape index (κ2) is 6.95. The summed E-state index contributed by atoms with van der Waals surface area (Å²) in [5.74, 6) is -0.753. The van der Waals surface area contributed by atoms with Crippen LogP contribution in [-0.4, -0.2) is 23.5 Å². The van der Waals surface area contributed by atoms with Gasteiger partial charge in [-0.15, -0.1) is 0 Å². The molecule has 1 rings (SSSR count). The Balaban J connectivity index is 2.49. The van der Waals surface area contributed by atoms with Crippen LogP contribution < -0.4 is 11.1 Å². The third-order valence-electron chi connectivity index (χ3n) is 2.22. The molecule has 0 aliphatic heterocycles. The number of rotatable bonds is 5. The van der Waals surface area contributed by atoms with E-state index in [2.05, 4.69) is 26.4 Å². The average molecular weight is 318 g/mol. The largest absolute Gasteiger partial charge is 0.409 e. The predicted molar refractivity (Wildman–Crippen MR) is 69.1 cm³/mol. The van der Waals surface area contributed by atoms with Gasteiger partial charge in [0.2, 0.25) is 0 Å². The Kier molecular flexibility index (Phi) is 5.57. The van der Waals surface area contributed by atoms with Crippen LogP contribution >= 0.6 is 15.9 Å². The molecule has 4 N–H and O–H groups in total. The lowest BCUT2D eigenvalue weighted by molar-refractivity contribution is 0.0952. The minimum Gasteiger partial charge on any atom is -0.409 e. The van der Waals surface area contributed by atoms with Crippen molar-refractivity contribution in [2.75, 3.05) is 6.54 Å². The summed E-state index contributed by atoms with van der Waals surface area (Å²) in [4.78, 5) is 11.7. The minimum absolute atomic E-state index is 0.108. The number of carbonyl (C=O) groups excluding carboxylic acids is 1. The van der Waals surface area contributed by atoms with Crippen LogP contribution in [-0.2, 0) is 0 Å². The van der Waals surface area contributed by atoms with Crippen LogP contribution in [0.15, 0.2) is 27.8 Å². The van der Waals surface area contributed by atoms with Crippen molar-refractivity contribution in [1.29, 1.82) is 0 Å². The molecule has 0 aliphatic rings. The minimum atomic E-state index is -0.487. The normalized spacial score (nSPS) is 11.3. The highest BCUT2D eigenvalue weighted by Gasteiger charge is 2.12. The topological polar surface area (TPSA) is 87.7 Å². The summed E-state index contributed by atoms with van der Waals surface area (Å²) in [6.07, 6.45) is 0.912. The Morgan fingerprint density at radius 1 is 1.56 bits per heavy atom. The number of carbonyl (C=O) groups is 1. The third-order valence-corrected chi connectivity index (χ3v) is 3.03. The molecule has 0 saturated heterocycles. The van der Waals surface area contributed by atoms with Crippen molar-refractivity contribution in [3.8, 4) is 0 Å². The first-order chi connectivity index (χ1) is 8.56. The van der Waals surface area contributed by atoms with E-state index in [1.54, 1.807) is 0 Å². The van der Waals surface area contributed by atoms with E-state index in [4.69, 9.17) is 10.9 Å². The molecule has 18 heavy (non-hydrogen) atoms. The molecule has 0 heterocycles. The number of halogens is 2. The van der Waals surface area contributed by atoms with E-state index in [1.807, 2.05) is 0 Å². The van der Waals surface area contributed by atoms with Crippen LogP contribution in [0.1, 0.15) is 23.2 Å². The van der Waals surface area contributed by atoms with Crippen LogP contribution in [0.4, 0.5) is 4.39 Å². The molecule has 0 saturated carbocycles. The van der Waals surface area contributed by atoms with Gasteiger partial charge in [0.05, 0.1) is 10.0 Å². The first kappa shape index (κ1) is 14.4. The number of amides is 1. The van der Waals surface area contributed by atoms with Gasteiger partial charge in [0.1, 0.15) is 11.7 Å². The number of nitrogens with zero attached hydrogens (tertiary/aromatic N) is 1. The molecule has 0 fully saturated rings. The molecule has 5 nitrogen and oxygen atoms in total. The highest BCUT2D eigenvalue weighted by Crippen LogP contribution is 2.20. The fourth-order valence-electron chi connectivity index (χ4n) is 1.30. The third kappa shape index (κ3) is 3.99. The highest BCUT2D eigenvalue weighted by molar-refractivity contribution is 9.10. The van der Waals surface area contributed by atoms with Gasteiger partial charge < -0.3 is 16.3 Å². The zero-order valence-corrected chi connectivity index (χ0v) is 11.1. The zero-order valence-electron chi connectivity index (χ0n) is 9.49. The highest BCUT2D eigenvalue weighted by atomic mass is 79.9. The van der Waals surface area contributed by atoms with Gasteiger partial charge in [-0.05, 0) is 34.5 Å². The molecule has 0 aromatic heterocycles. The van der Waals surface area contributed by atoms with Crippen LogP contribution in [0.25, 0.3) is 0 Å². The van der Waals surface area contributed by atoms with E-state index < -0.39 is 5.82 Å². The van der Waals surface area contributed by atoms with Crippen molar-refractivity contribution in [1.82, 2.24) is 5.32 Å². The summed E-state index contributed by atoms with van der Waals surface area (Å²) in [7, 11) is 0. The maximum Gasteiger partial charge on any atom is 0.252 e. The van der Waals surface area contributed by atoms with Gasteiger partial charge in [-0.3, -0.25) is 4.79 Å². The maximum absolute atomic E-state index is 13.2. The van der Waals surface area contributed by atoms with Crippen LogP contribution in [0.3, 0.4) is 0 Å². The van der Waals surface area contributed by atoms with E-state index in [-0.39, 0.29) is 21.8 Å². The molecule has 7 heteroatoms. The molecular weight excluding hydrogens is 305 g/mol. The number of benzene rings is 1. The summed E-state index contributed by atoms with van der Waals surface area (Å²) in [6, 6.07) is 4.25. The fraction of sp³-hybridized carbons (Fsp3) is 0.273. The van der Waals surface area contributed by atoms with E-state index in [1.165, 1.54) is 18.2 Å². The van der Waals surface area contributed by atoms with Crippen molar-refractivity contribution in [3.05, 3.63) is 34.1 Å².